The number of thioether (sulfide) groups is 1. The molecule has 0 bridgehead atoms. The summed E-state index contributed by atoms with van der Waals surface area (Å²) in [6.07, 6.45) is 0. The van der Waals surface area contributed by atoms with Gasteiger partial charge >= 0.3 is 5.97 Å². The van der Waals surface area contributed by atoms with Gasteiger partial charge in [0, 0.05) is 24.8 Å². The Morgan fingerprint density at radius 1 is 1.43 bits per heavy atom. The van der Waals surface area contributed by atoms with Gasteiger partial charge in [0.25, 0.3) is 0 Å². The van der Waals surface area contributed by atoms with Gasteiger partial charge in [-0.05, 0) is 12.5 Å². The van der Waals surface area contributed by atoms with Crippen LogP contribution in [0.1, 0.15) is 18.1 Å². The molecule has 1 aliphatic heterocycles. The summed E-state index contributed by atoms with van der Waals surface area (Å²) in [5.41, 5.74) is 2.46. The van der Waals surface area contributed by atoms with Gasteiger partial charge in [-0.25, -0.2) is 0 Å². The molecule has 1 saturated heterocycles. The van der Waals surface area contributed by atoms with Crippen LogP contribution in [0.15, 0.2) is 24.3 Å². The van der Waals surface area contributed by atoms with E-state index >= 15 is 0 Å². The number of aliphatic carboxylic acids is 1. The van der Waals surface area contributed by atoms with Crippen molar-refractivity contribution >= 4 is 23.6 Å². The summed E-state index contributed by atoms with van der Waals surface area (Å²) in [7, 11) is 0. The second-order valence-electron chi connectivity index (χ2n) is 5.67. The number of carbonyl (C=O) groups is 2. The number of hydrogen-bond acceptors (Lipinski definition) is 3. The highest BCUT2D eigenvalue weighted by Crippen LogP contribution is 2.25. The fourth-order valence-electron chi connectivity index (χ4n) is 2.38. The van der Waals surface area contributed by atoms with Gasteiger partial charge in [0.1, 0.15) is 0 Å². The van der Waals surface area contributed by atoms with Crippen LogP contribution in [0.4, 0.5) is 0 Å². The minimum atomic E-state index is -0.777. The van der Waals surface area contributed by atoms with Gasteiger partial charge < -0.3 is 10.0 Å². The summed E-state index contributed by atoms with van der Waals surface area (Å²) in [6, 6.07) is 8.29. The maximum atomic E-state index is 12.0. The number of hydrogen-bond donors (Lipinski definition) is 1. The minimum Gasteiger partial charge on any atom is -0.481 e. The molecule has 0 aromatic heterocycles. The molecule has 1 amide bonds. The largest absolute Gasteiger partial charge is 0.481 e. The molecule has 1 N–H and O–H groups in total. The Labute approximate surface area is 129 Å². The first-order valence-electron chi connectivity index (χ1n) is 7.11. The van der Waals surface area contributed by atoms with Gasteiger partial charge in [-0.15, -0.1) is 11.8 Å². The first-order chi connectivity index (χ1) is 9.97. The molecule has 0 radical (unpaired) electrons. The van der Waals surface area contributed by atoms with Crippen molar-refractivity contribution in [2.45, 2.75) is 19.6 Å². The maximum absolute atomic E-state index is 12.0. The molecule has 4 nitrogen and oxygen atoms in total. The van der Waals surface area contributed by atoms with Crippen molar-refractivity contribution in [3.8, 4) is 0 Å². The Balaban J connectivity index is 1.69. The molecule has 1 aromatic carbocycles. The van der Waals surface area contributed by atoms with Crippen molar-refractivity contribution in [3.63, 3.8) is 0 Å². The van der Waals surface area contributed by atoms with E-state index in [1.54, 1.807) is 23.6 Å². The second-order valence-corrected chi connectivity index (χ2v) is 6.65. The molecular weight excluding hydrogens is 286 g/mol. The van der Waals surface area contributed by atoms with Gasteiger partial charge in [-0.2, -0.15) is 0 Å². The first-order valence-corrected chi connectivity index (χ1v) is 8.26. The minimum absolute atomic E-state index is 0.105. The average Bonchev–Trinajstić information content (AvgIpc) is 2.36. The topological polar surface area (TPSA) is 57.6 Å². The number of amides is 1. The van der Waals surface area contributed by atoms with Crippen LogP contribution in [0.2, 0.25) is 0 Å². The molecule has 0 spiro atoms. The van der Waals surface area contributed by atoms with E-state index in [9.17, 15) is 9.59 Å². The number of benzene rings is 1. The molecule has 21 heavy (non-hydrogen) atoms. The van der Waals surface area contributed by atoms with E-state index in [-0.39, 0.29) is 17.7 Å². The van der Waals surface area contributed by atoms with Gasteiger partial charge in [0.05, 0.1) is 11.7 Å². The van der Waals surface area contributed by atoms with Crippen LogP contribution in [-0.4, -0.2) is 40.7 Å². The lowest BCUT2D eigenvalue weighted by atomic mass is 9.87. The molecule has 0 saturated carbocycles. The molecule has 5 heteroatoms. The maximum Gasteiger partial charge on any atom is 0.306 e. The van der Waals surface area contributed by atoms with Crippen LogP contribution >= 0.6 is 11.8 Å². The third kappa shape index (κ3) is 4.24. The molecule has 1 fully saturated rings. The van der Waals surface area contributed by atoms with Crippen LogP contribution in [0.5, 0.6) is 0 Å². The number of carboxylic acid groups (broad SMARTS) is 1. The standard InChI is InChI=1S/C16H21NO3S/c1-11-4-3-5-13(6-11)9-21-10-15(18)17-7-14(8-17)12(2)16(19)20/h3-6,12,14H,7-10H2,1-2H3,(H,19,20). The molecule has 1 atom stereocenters. The summed E-state index contributed by atoms with van der Waals surface area (Å²) in [4.78, 5) is 24.6. The molecule has 1 unspecified atom stereocenters. The van der Waals surface area contributed by atoms with Crippen molar-refractivity contribution in [1.82, 2.24) is 4.90 Å². The zero-order valence-corrected chi connectivity index (χ0v) is 13.2. The van der Waals surface area contributed by atoms with Crippen molar-refractivity contribution in [1.29, 1.82) is 0 Å². The Hall–Kier alpha value is -1.49. The van der Waals surface area contributed by atoms with Crippen molar-refractivity contribution in [2.24, 2.45) is 11.8 Å². The van der Waals surface area contributed by atoms with Crippen molar-refractivity contribution in [3.05, 3.63) is 35.4 Å². The third-order valence-electron chi connectivity index (χ3n) is 3.94. The quantitative estimate of drug-likeness (QED) is 0.877. The van der Waals surface area contributed by atoms with Crippen molar-refractivity contribution < 1.29 is 14.7 Å². The van der Waals surface area contributed by atoms with E-state index in [1.165, 1.54) is 11.1 Å². The van der Waals surface area contributed by atoms with Gasteiger partial charge in [-0.1, -0.05) is 36.8 Å². The SMILES string of the molecule is Cc1cccc(CSCC(=O)N2CC(C(C)C(=O)O)C2)c1. The van der Waals surface area contributed by atoms with Crippen LogP contribution < -0.4 is 0 Å². The molecule has 1 aliphatic rings. The zero-order chi connectivity index (χ0) is 15.4. The predicted molar refractivity (Wildman–Crippen MR) is 84.2 cm³/mol. The summed E-state index contributed by atoms with van der Waals surface area (Å²) in [5, 5.41) is 8.92. The van der Waals surface area contributed by atoms with E-state index < -0.39 is 5.97 Å². The number of aryl methyl sites for hydroxylation is 1. The molecule has 1 heterocycles. The number of likely N-dealkylation sites (tertiary alicyclic amines) is 1. The Bertz CT molecular complexity index is 526. The van der Waals surface area contributed by atoms with Gasteiger partial charge in [0.2, 0.25) is 5.91 Å². The second kappa shape index (κ2) is 6.98. The van der Waals surface area contributed by atoms with E-state index in [0.29, 0.717) is 18.8 Å². The Morgan fingerprint density at radius 3 is 2.76 bits per heavy atom. The highest BCUT2D eigenvalue weighted by atomic mass is 32.2. The fourth-order valence-corrected chi connectivity index (χ4v) is 3.26. The Morgan fingerprint density at radius 2 is 2.14 bits per heavy atom. The summed E-state index contributed by atoms with van der Waals surface area (Å²) in [6.45, 7) is 4.93. The average molecular weight is 307 g/mol. The predicted octanol–water partition coefficient (Wildman–Crippen LogP) is 2.41. The fraction of sp³-hybridized carbons (Fsp3) is 0.500. The summed E-state index contributed by atoms with van der Waals surface area (Å²) in [5.74, 6) is 0.364. The number of nitrogens with zero attached hydrogens (tertiary/aromatic N) is 1. The van der Waals surface area contributed by atoms with Crippen LogP contribution in [0.25, 0.3) is 0 Å². The number of carboxylic acids is 1. The molecular formula is C16H21NO3S. The van der Waals surface area contributed by atoms with Crippen LogP contribution in [0, 0.1) is 18.8 Å². The monoisotopic (exact) mass is 307 g/mol. The van der Waals surface area contributed by atoms with E-state index in [1.807, 2.05) is 6.07 Å². The third-order valence-corrected chi connectivity index (χ3v) is 4.92. The zero-order valence-electron chi connectivity index (χ0n) is 12.4. The smallest absolute Gasteiger partial charge is 0.306 e. The van der Waals surface area contributed by atoms with Gasteiger partial charge in [0.15, 0.2) is 0 Å². The van der Waals surface area contributed by atoms with E-state index in [4.69, 9.17) is 5.11 Å². The highest BCUT2D eigenvalue weighted by Gasteiger charge is 2.36. The van der Waals surface area contributed by atoms with Gasteiger partial charge in [-0.3, -0.25) is 9.59 Å². The lowest BCUT2D eigenvalue weighted by Crippen LogP contribution is -2.54. The Kier molecular flexibility index (Phi) is 5.28. The van der Waals surface area contributed by atoms with Crippen molar-refractivity contribution in [2.75, 3.05) is 18.8 Å². The van der Waals surface area contributed by atoms with E-state index in [2.05, 4.69) is 25.1 Å². The lowest BCUT2D eigenvalue weighted by Gasteiger charge is -2.41. The van der Waals surface area contributed by atoms with Crippen LogP contribution in [-0.2, 0) is 15.3 Å². The molecule has 1 aromatic rings. The molecule has 114 valence electrons. The highest BCUT2D eigenvalue weighted by molar-refractivity contribution is 7.99. The molecule has 0 aliphatic carbocycles. The molecule has 2 rings (SSSR count). The lowest BCUT2D eigenvalue weighted by molar-refractivity contribution is -0.149. The van der Waals surface area contributed by atoms with Crippen LogP contribution in [0.3, 0.4) is 0 Å². The number of rotatable bonds is 6. The summed E-state index contributed by atoms with van der Waals surface area (Å²) < 4.78 is 0. The first kappa shape index (κ1) is 15.9. The normalized spacial score (nSPS) is 16.4. The summed E-state index contributed by atoms with van der Waals surface area (Å²) >= 11 is 1.61. The van der Waals surface area contributed by atoms with E-state index in [0.717, 1.165) is 5.75 Å². The number of carbonyl (C=O) groups excluding carboxylic acids is 1.